The number of nitrogens with zero attached hydrogens (tertiary/aromatic N) is 3. The van der Waals surface area contributed by atoms with Crippen LogP contribution in [0.2, 0.25) is 0 Å². The SMILES string of the molecule is CC1=C([C@H]2CC(=NOCc3ccccc3)C[C@@H](c3ncccc3C)N2CCCCN)NCC=C1. The molecule has 6 heteroatoms. The number of aryl methyl sites for hydroxylation is 1. The van der Waals surface area contributed by atoms with E-state index in [4.69, 9.17) is 15.6 Å². The van der Waals surface area contributed by atoms with E-state index in [2.05, 4.69) is 59.6 Å². The van der Waals surface area contributed by atoms with E-state index in [0.717, 1.165) is 55.7 Å². The van der Waals surface area contributed by atoms with Crippen molar-refractivity contribution in [3.8, 4) is 0 Å². The molecule has 0 amide bonds. The third kappa shape index (κ3) is 5.93. The van der Waals surface area contributed by atoms with Crippen LogP contribution >= 0.6 is 0 Å². The van der Waals surface area contributed by atoms with Gasteiger partial charge in [-0.25, -0.2) is 0 Å². The molecule has 0 spiro atoms. The zero-order chi connectivity index (χ0) is 23.8. The van der Waals surface area contributed by atoms with Crippen LogP contribution in [0.4, 0.5) is 0 Å². The van der Waals surface area contributed by atoms with Crippen LogP contribution in [0.5, 0.6) is 0 Å². The maximum atomic E-state index is 5.85. The van der Waals surface area contributed by atoms with Crippen LogP contribution in [-0.4, -0.2) is 41.3 Å². The van der Waals surface area contributed by atoms with E-state index < -0.39 is 0 Å². The van der Waals surface area contributed by atoms with Crippen LogP contribution in [-0.2, 0) is 11.4 Å². The summed E-state index contributed by atoms with van der Waals surface area (Å²) in [5.41, 5.74) is 12.9. The summed E-state index contributed by atoms with van der Waals surface area (Å²) >= 11 is 0. The van der Waals surface area contributed by atoms with Crippen molar-refractivity contribution < 1.29 is 4.84 Å². The number of hydrogen-bond donors (Lipinski definition) is 2. The molecular weight excluding hydrogens is 422 g/mol. The summed E-state index contributed by atoms with van der Waals surface area (Å²) in [7, 11) is 0. The molecule has 0 bridgehead atoms. The lowest BCUT2D eigenvalue weighted by Gasteiger charge is -2.44. The van der Waals surface area contributed by atoms with E-state index in [0.29, 0.717) is 13.2 Å². The first-order valence-corrected chi connectivity index (χ1v) is 12.4. The van der Waals surface area contributed by atoms with Crippen LogP contribution in [0.1, 0.15) is 55.5 Å². The third-order valence-corrected chi connectivity index (χ3v) is 6.70. The van der Waals surface area contributed by atoms with Crippen molar-refractivity contribution in [2.45, 2.75) is 58.2 Å². The Morgan fingerprint density at radius 2 is 1.91 bits per heavy atom. The monoisotopic (exact) mass is 459 g/mol. The molecule has 1 saturated heterocycles. The minimum atomic E-state index is 0.143. The van der Waals surface area contributed by atoms with Crippen molar-refractivity contribution in [2.75, 3.05) is 19.6 Å². The predicted molar refractivity (Wildman–Crippen MR) is 138 cm³/mol. The molecule has 2 aromatic rings. The second-order valence-electron chi connectivity index (χ2n) is 9.18. The number of allylic oxidation sites excluding steroid dienone is 2. The van der Waals surface area contributed by atoms with Gasteiger partial charge in [-0.05, 0) is 62.5 Å². The summed E-state index contributed by atoms with van der Waals surface area (Å²) in [4.78, 5) is 13.3. The van der Waals surface area contributed by atoms with E-state index >= 15 is 0 Å². The van der Waals surface area contributed by atoms with Crippen molar-refractivity contribution in [1.82, 2.24) is 15.2 Å². The normalized spacial score (nSPS) is 22.1. The Kier molecular flexibility index (Phi) is 8.50. The van der Waals surface area contributed by atoms with Crippen molar-refractivity contribution >= 4 is 5.71 Å². The standard InChI is InChI=1S/C28H37N5O/c1-21-10-8-15-30-27(21)25-18-24(32-34-20-23-12-4-3-5-13-23)19-26(33(25)17-7-6-14-29)28-22(2)11-9-16-31-28/h3-5,8-13,15,25-26,31H,6-7,14,16-20,29H2,1-2H3/t25-,26+/m0/s1. The lowest BCUT2D eigenvalue weighted by Crippen LogP contribution is -2.50. The average Bonchev–Trinajstić information content (AvgIpc) is 2.86. The van der Waals surface area contributed by atoms with Gasteiger partial charge in [-0.1, -0.05) is 53.7 Å². The number of benzene rings is 1. The summed E-state index contributed by atoms with van der Waals surface area (Å²) in [5.74, 6) is 0. The van der Waals surface area contributed by atoms with Crippen LogP contribution in [0.25, 0.3) is 0 Å². The average molecular weight is 460 g/mol. The molecule has 0 radical (unpaired) electrons. The van der Waals surface area contributed by atoms with Gasteiger partial charge in [0.15, 0.2) is 0 Å². The zero-order valence-corrected chi connectivity index (χ0v) is 20.4. The van der Waals surface area contributed by atoms with Gasteiger partial charge in [0, 0.05) is 31.3 Å². The van der Waals surface area contributed by atoms with Gasteiger partial charge in [0.2, 0.25) is 0 Å². The number of nitrogens with one attached hydrogen (secondary N) is 1. The number of piperidine rings is 1. The molecule has 180 valence electrons. The minimum Gasteiger partial charge on any atom is -0.391 e. The molecule has 3 N–H and O–H groups in total. The molecule has 0 saturated carbocycles. The van der Waals surface area contributed by atoms with Crippen molar-refractivity contribution in [2.24, 2.45) is 10.9 Å². The van der Waals surface area contributed by atoms with Crippen molar-refractivity contribution in [1.29, 1.82) is 0 Å². The van der Waals surface area contributed by atoms with E-state index in [9.17, 15) is 0 Å². The highest BCUT2D eigenvalue weighted by Gasteiger charge is 2.38. The number of rotatable bonds is 9. The number of aromatic nitrogens is 1. The van der Waals surface area contributed by atoms with Gasteiger partial charge in [-0.15, -0.1) is 0 Å². The number of unbranched alkanes of at least 4 members (excludes halogenated alkanes) is 1. The molecule has 4 rings (SSSR count). The van der Waals surface area contributed by atoms with Gasteiger partial charge < -0.3 is 15.9 Å². The van der Waals surface area contributed by atoms with Crippen LogP contribution < -0.4 is 11.1 Å². The second kappa shape index (κ2) is 12.0. The smallest absolute Gasteiger partial charge is 0.142 e. The molecule has 2 aliphatic heterocycles. The zero-order valence-electron chi connectivity index (χ0n) is 20.4. The maximum Gasteiger partial charge on any atom is 0.142 e. The fourth-order valence-electron chi connectivity index (χ4n) is 4.96. The Morgan fingerprint density at radius 1 is 1.09 bits per heavy atom. The fourth-order valence-corrected chi connectivity index (χ4v) is 4.96. The summed E-state index contributed by atoms with van der Waals surface area (Å²) in [5, 5.41) is 8.32. The molecular formula is C28H37N5O. The summed E-state index contributed by atoms with van der Waals surface area (Å²) in [6.07, 6.45) is 10.0. The number of oxime groups is 1. The van der Waals surface area contributed by atoms with Gasteiger partial charge in [0.1, 0.15) is 6.61 Å². The molecule has 1 fully saturated rings. The lowest BCUT2D eigenvalue weighted by molar-refractivity contribution is 0.110. The summed E-state index contributed by atoms with van der Waals surface area (Å²) < 4.78 is 0. The molecule has 34 heavy (non-hydrogen) atoms. The molecule has 0 unspecified atom stereocenters. The Hall–Kier alpha value is -2.96. The largest absolute Gasteiger partial charge is 0.391 e. The van der Waals surface area contributed by atoms with Crippen LogP contribution in [0, 0.1) is 6.92 Å². The third-order valence-electron chi connectivity index (χ3n) is 6.70. The summed E-state index contributed by atoms with van der Waals surface area (Å²) in [6.45, 7) is 7.36. The van der Waals surface area contributed by atoms with Crippen LogP contribution in [0.15, 0.2) is 77.2 Å². The minimum absolute atomic E-state index is 0.143. The number of likely N-dealkylation sites (tertiary alicyclic amines) is 1. The van der Waals surface area contributed by atoms with Gasteiger partial charge in [-0.2, -0.15) is 0 Å². The van der Waals surface area contributed by atoms with Crippen molar-refractivity contribution in [3.63, 3.8) is 0 Å². The topological polar surface area (TPSA) is 75.8 Å². The quantitative estimate of drug-likeness (QED) is 0.422. The Balaban J connectivity index is 1.66. The highest BCUT2D eigenvalue weighted by molar-refractivity contribution is 5.86. The maximum absolute atomic E-state index is 5.85. The van der Waals surface area contributed by atoms with E-state index in [-0.39, 0.29) is 12.1 Å². The highest BCUT2D eigenvalue weighted by Crippen LogP contribution is 2.37. The molecule has 2 atom stereocenters. The first-order chi connectivity index (χ1) is 16.7. The molecule has 3 heterocycles. The molecule has 6 nitrogen and oxygen atoms in total. The molecule has 1 aromatic heterocycles. The van der Waals surface area contributed by atoms with E-state index in [1.54, 1.807) is 0 Å². The Morgan fingerprint density at radius 3 is 2.68 bits per heavy atom. The van der Waals surface area contributed by atoms with E-state index in [1.165, 1.54) is 16.8 Å². The van der Waals surface area contributed by atoms with Gasteiger partial charge >= 0.3 is 0 Å². The van der Waals surface area contributed by atoms with Gasteiger partial charge in [-0.3, -0.25) is 9.88 Å². The predicted octanol–water partition coefficient (Wildman–Crippen LogP) is 4.64. The van der Waals surface area contributed by atoms with Gasteiger partial charge in [0.05, 0.1) is 23.5 Å². The highest BCUT2D eigenvalue weighted by atomic mass is 16.6. The number of pyridine rings is 1. The molecule has 1 aromatic carbocycles. The van der Waals surface area contributed by atoms with Gasteiger partial charge in [0.25, 0.3) is 0 Å². The van der Waals surface area contributed by atoms with E-state index in [1.807, 2.05) is 30.5 Å². The lowest BCUT2D eigenvalue weighted by atomic mass is 9.87. The Bertz CT molecular complexity index is 1030. The van der Waals surface area contributed by atoms with Crippen LogP contribution in [0.3, 0.4) is 0 Å². The number of dihydropyridines is 1. The second-order valence-corrected chi connectivity index (χ2v) is 9.18. The Labute approximate surface area is 203 Å². The fraction of sp³-hybridized carbons (Fsp3) is 0.429. The van der Waals surface area contributed by atoms with Crippen molar-refractivity contribution in [3.05, 3.63) is 88.9 Å². The first kappa shape index (κ1) is 24.2. The first-order valence-electron chi connectivity index (χ1n) is 12.4. The number of nitrogens with two attached hydrogens (primary N) is 1. The summed E-state index contributed by atoms with van der Waals surface area (Å²) in [6, 6.07) is 14.7. The molecule has 2 aliphatic rings. The molecule has 0 aliphatic carbocycles. The number of hydrogen-bond acceptors (Lipinski definition) is 6.